The van der Waals surface area contributed by atoms with Crippen molar-refractivity contribution in [3.8, 4) is 11.5 Å². The summed E-state index contributed by atoms with van der Waals surface area (Å²) in [6.07, 6.45) is 0. The zero-order valence-corrected chi connectivity index (χ0v) is 13.8. The fourth-order valence-corrected chi connectivity index (χ4v) is 3.38. The van der Waals surface area contributed by atoms with E-state index in [2.05, 4.69) is 14.9 Å². The summed E-state index contributed by atoms with van der Waals surface area (Å²) in [5.74, 6) is -0.724. The van der Waals surface area contributed by atoms with E-state index in [1.807, 2.05) is 0 Å². The first-order chi connectivity index (χ1) is 11.8. The maximum atomic E-state index is 13.1. The van der Waals surface area contributed by atoms with Crippen molar-refractivity contribution >= 4 is 10.0 Å². The molecule has 0 aliphatic carbocycles. The second-order valence-corrected chi connectivity index (χ2v) is 6.98. The maximum Gasteiger partial charge on any atom is 0.247 e. The zero-order valence-electron chi connectivity index (χ0n) is 13.0. The number of hydrogen-bond donors (Lipinski definition) is 1. The smallest absolute Gasteiger partial charge is 0.247 e. The molecule has 0 atom stereocenters. The average molecular weight is 365 g/mol. The second-order valence-electron chi connectivity index (χ2n) is 5.24. The minimum atomic E-state index is -3.86. The number of rotatable bonds is 5. The Hall–Kier alpha value is -2.65. The number of nitrogens with zero attached hydrogens (tertiary/aromatic N) is 2. The number of sulfonamides is 1. The first-order valence-electron chi connectivity index (χ1n) is 7.19. The molecule has 0 saturated heterocycles. The molecular formula is C16H13F2N3O3S. The van der Waals surface area contributed by atoms with E-state index < -0.39 is 21.7 Å². The molecule has 1 N–H and O–H groups in total. The highest BCUT2D eigenvalue weighted by Gasteiger charge is 2.18. The Morgan fingerprint density at radius 1 is 1.04 bits per heavy atom. The number of hydrogen-bond acceptors (Lipinski definition) is 5. The number of halogens is 2. The fourth-order valence-electron chi connectivity index (χ4n) is 2.18. The third-order valence-electron chi connectivity index (χ3n) is 3.40. The van der Waals surface area contributed by atoms with Crippen molar-refractivity contribution < 1.29 is 21.6 Å². The molecule has 25 heavy (non-hydrogen) atoms. The summed E-state index contributed by atoms with van der Waals surface area (Å²) < 4.78 is 58.3. The van der Waals surface area contributed by atoms with Crippen LogP contribution < -0.4 is 4.72 Å². The topological polar surface area (TPSA) is 85.1 Å². The molecule has 0 spiro atoms. The van der Waals surface area contributed by atoms with E-state index >= 15 is 0 Å². The predicted molar refractivity (Wildman–Crippen MR) is 84.9 cm³/mol. The molecule has 0 saturated carbocycles. The first kappa shape index (κ1) is 17.2. The summed E-state index contributed by atoms with van der Waals surface area (Å²) in [6.45, 7) is 1.27. The van der Waals surface area contributed by atoms with Gasteiger partial charge in [-0.2, -0.15) is 0 Å². The number of aryl methyl sites for hydroxylation is 1. The van der Waals surface area contributed by atoms with Gasteiger partial charge in [-0.15, -0.1) is 10.2 Å². The van der Waals surface area contributed by atoms with Crippen molar-refractivity contribution in [2.45, 2.75) is 18.4 Å². The van der Waals surface area contributed by atoms with Crippen LogP contribution in [-0.2, 0) is 16.6 Å². The largest absolute Gasteiger partial charge is 0.419 e. The molecule has 1 heterocycles. The summed E-state index contributed by atoms with van der Waals surface area (Å²) in [7, 11) is -3.86. The molecule has 3 aromatic rings. The lowest BCUT2D eigenvalue weighted by atomic mass is 10.2. The van der Waals surface area contributed by atoms with Crippen molar-refractivity contribution in [2.75, 3.05) is 0 Å². The molecule has 0 aliphatic rings. The van der Waals surface area contributed by atoms with E-state index in [1.165, 1.54) is 37.3 Å². The molecule has 0 bridgehead atoms. The van der Waals surface area contributed by atoms with Gasteiger partial charge in [-0.1, -0.05) is 0 Å². The van der Waals surface area contributed by atoms with Crippen LogP contribution in [0.3, 0.4) is 0 Å². The van der Waals surface area contributed by atoms with Crippen LogP contribution in [0.15, 0.2) is 51.8 Å². The lowest BCUT2D eigenvalue weighted by Gasteiger charge is -2.07. The average Bonchev–Trinajstić information content (AvgIpc) is 3.02. The van der Waals surface area contributed by atoms with Crippen molar-refractivity contribution in [2.24, 2.45) is 0 Å². The van der Waals surface area contributed by atoms with Gasteiger partial charge in [-0.25, -0.2) is 21.9 Å². The molecule has 130 valence electrons. The Morgan fingerprint density at radius 3 is 2.40 bits per heavy atom. The van der Waals surface area contributed by atoms with Crippen LogP contribution in [0.25, 0.3) is 11.5 Å². The first-order valence-corrected chi connectivity index (χ1v) is 8.67. The van der Waals surface area contributed by atoms with Gasteiger partial charge in [-0.05, 0) is 55.0 Å². The molecule has 3 rings (SSSR count). The van der Waals surface area contributed by atoms with Crippen LogP contribution in [0.2, 0.25) is 0 Å². The van der Waals surface area contributed by atoms with Crippen LogP contribution in [0.5, 0.6) is 0 Å². The van der Waals surface area contributed by atoms with Crippen LogP contribution in [0.4, 0.5) is 8.78 Å². The van der Waals surface area contributed by atoms with E-state index in [9.17, 15) is 17.2 Å². The summed E-state index contributed by atoms with van der Waals surface area (Å²) in [4.78, 5) is -0.0350. The number of aromatic nitrogens is 2. The van der Waals surface area contributed by atoms with Crippen LogP contribution in [0, 0.1) is 18.6 Å². The molecule has 1 aromatic heterocycles. The third-order valence-corrected chi connectivity index (χ3v) is 4.96. The summed E-state index contributed by atoms with van der Waals surface area (Å²) in [5.41, 5.74) is 0.794. The summed E-state index contributed by atoms with van der Waals surface area (Å²) in [6, 6.07) is 8.83. The summed E-state index contributed by atoms with van der Waals surface area (Å²) >= 11 is 0. The van der Waals surface area contributed by atoms with Gasteiger partial charge in [0, 0.05) is 5.56 Å². The molecule has 6 nitrogen and oxygen atoms in total. The quantitative estimate of drug-likeness (QED) is 0.751. The Kier molecular flexibility index (Phi) is 4.60. The lowest BCUT2D eigenvalue weighted by Crippen LogP contribution is -2.24. The van der Waals surface area contributed by atoms with Crippen molar-refractivity contribution in [3.05, 3.63) is 65.6 Å². The van der Waals surface area contributed by atoms with Crippen LogP contribution in [-0.4, -0.2) is 18.6 Å². The van der Waals surface area contributed by atoms with Crippen LogP contribution in [0.1, 0.15) is 11.5 Å². The van der Waals surface area contributed by atoms with Gasteiger partial charge in [0.25, 0.3) is 0 Å². The lowest BCUT2D eigenvalue weighted by molar-refractivity contribution is 0.494. The summed E-state index contributed by atoms with van der Waals surface area (Å²) in [5, 5.41) is 7.55. The molecule has 0 amide bonds. The molecule has 2 aromatic carbocycles. The standard InChI is InChI=1S/C16H13F2N3O3S/c1-10-8-13(18)6-7-14(10)25(22,23)19-9-15-20-21-16(24-15)11-2-4-12(17)5-3-11/h2-8,19H,9H2,1H3. The van der Waals surface area contributed by atoms with E-state index in [1.54, 1.807) is 0 Å². The number of benzene rings is 2. The molecule has 9 heteroatoms. The third kappa shape index (κ3) is 3.89. The maximum absolute atomic E-state index is 13.1. The Balaban J connectivity index is 1.74. The van der Waals surface area contributed by atoms with Crippen molar-refractivity contribution in [1.82, 2.24) is 14.9 Å². The highest BCUT2D eigenvalue weighted by atomic mass is 32.2. The SMILES string of the molecule is Cc1cc(F)ccc1S(=O)(=O)NCc1nnc(-c2ccc(F)cc2)o1. The van der Waals surface area contributed by atoms with E-state index in [0.717, 1.165) is 12.1 Å². The van der Waals surface area contributed by atoms with Crippen molar-refractivity contribution in [1.29, 1.82) is 0 Å². The number of nitrogens with one attached hydrogen (secondary N) is 1. The zero-order chi connectivity index (χ0) is 18.0. The Labute approximate surface area is 142 Å². The predicted octanol–water partition coefficient (Wildman–Crippen LogP) is 2.80. The normalized spacial score (nSPS) is 11.6. The van der Waals surface area contributed by atoms with Gasteiger partial charge in [0.1, 0.15) is 11.6 Å². The monoisotopic (exact) mass is 365 g/mol. The Bertz CT molecular complexity index is 1000. The Morgan fingerprint density at radius 2 is 1.72 bits per heavy atom. The van der Waals surface area contributed by atoms with Gasteiger partial charge in [0.05, 0.1) is 11.4 Å². The molecule has 0 aliphatic heterocycles. The molecule has 0 fully saturated rings. The molecule has 0 radical (unpaired) electrons. The highest BCUT2D eigenvalue weighted by molar-refractivity contribution is 7.89. The minimum Gasteiger partial charge on any atom is -0.419 e. The van der Waals surface area contributed by atoms with Gasteiger partial charge in [0.2, 0.25) is 21.8 Å². The molecule has 0 unspecified atom stereocenters. The second kappa shape index (κ2) is 6.69. The van der Waals surface area contributed by atoms with Gasteiger partial charge < -0.3 is 4.42 Å². The van der Waals surface area contributed by atoms with Crippen molar-refractivity contribution in [3.63, 3.8) is 0 Å². The van der Waals surface area contributed by atoms with E-state index in [0.29, 0.717) is 5.56 Å². The minimum absolute atomic E-state index is 0.0350. The van der Waals surface area contributed by atoms with Gasteiger partial charge in [-0.3, -0.25) is 0 Å². The van der Waals surface area contributed by atoms with Gasteiger partial charge in [0.15, 0.2) is 0 Å². The van der Waals surface area contributed by atoms with E-state index in [-0.39, 0.29) is 28.8 Å². The fraction of sp³-hybridized carbons (Fsp3) is 0.125. The van der Waals surface area contributed by atoms with Gasteiger partial charge >= 0.3 is 0 Å². The van der Waals surface area contributed by atoms with Crippen LogP contribution >= 0.6 is 0 Å². The van der Waals surface area contributed by atoms with E-state index in [4.69, 9.17) is 4.42 Å². The highest BCUT2D eigenvalue weighted by Crippen LogP contribution is 2.19. The molecular weight excluding hydrogens is 352 g/mol.